The summed E-state index contributed by atoms with van der Waals surface area (Å²) in [5.74, 6) is 0.707. The minimum atomic E-state index is 0.707. The minimum absolute atomic E-state index is 0.707. The van der Waals surface area contributed by atoms with Crippen LogP contribution in [0.25, 0.3) is 0 Å². The van der Waals surface area contributed by atoms with E-state index < -0.39 is 0 Å². The monoisotopic (exact) mass is 169 g/mol. The molecular weight excluding hydrogens is 154 g/mol. The zero-order chi connectivity index (χ0) is 8.65. The second-order valence-electron chi connectivity index (χ2n) is 2.69. The molecule has 0 saturated carbocycles. The van der Waals surface area contributed by atoms with Gasteiger partial charge in [-0.2, -0.15) is 4.98 Å². The lowest BCUT2D eigenvalue weighted by Crippen LogP contribution is -2.18. The summed E-state index contributed by atoms with van der Waals surface area (Å²) in [7, 11) is 0. The zero-order valence-corrected chi connectivity index (χ0v) is 7.42. The van der Waals surface area contributed by atoms with Crippen molar-refractivity contribution in [2.75, 3.05) is 13.1 Å². The average Bonchev–Trinajstić information content (AvgIpc) is 2.57. The predicted octanol–water partition coefficient (Wildman–Crippen LogP) is 1.00. The first-order chi connectivity index (χ1) is 5.93. The Morgan fingerprint density at radius 1 is 1.50 bits per heavy atom. The lowest BCUT2D eigenvalue weighted by molar-refractivity contribution is 0.375. The molecule has 0 amide bonds. The Kier molecular flexibility index (Phi) is 4.37. The van der Waals surface area contributed by atoms with E-state index in [2.05, 4.69) is 22.4 Å². The van der Waals surface area contributed by atoms with E-state index in [9.17, 15) is 0 Å². The lowest BCUT2D eigenvalue weighted by Gasteiger charge is -1.99. The van der Waals surface area contributed by atoms with Crippen molar-refractivity contribution < 1.29 is 4.52 Å². The molecular formula is C8H15N3O. The summed E-state index contributed by atoms with van der Waals surface area (Å²) in [4.78, 5) is 3.92. The Morgan fingerprint density at radius 3 is 3.08 bits per heavy atom. The van der Waals surface area contributed by atoms with Gasteiger partial charge in [0.15, 0.2) is 6.33 Å². The molecule has 0 aromatic carbocycles. The van der Waals surface area contributed by atoms with E-state index in [4.69, 9.17) is 4.52 Å². The molecule has 1 aromatic heterocycles. The van der Waals surface area contributed by atoms with Crippen molar-refractivity contribution in [3.63, 3.8) is 0 Å². The van der Waals surface area contributed by atoms with Gasteiger partial charge in [0.05, 0.1) is 0 Å². The van der Waals surface area contributed by atoms with Crippen molar-refractivity contribution in [2.24, 2.45) is 0 Å². The molecule has 0 spiro atoms. The number of rotatable bonds is 6. The van der Waals surface area contributed by atoms with Crippen molar-refractivity contribution in [1.82, 2.24) is 15.5 Å². The first-order valence-electron chi connectivity index (χ1n) is 4.39. The molecule has 0 aliphatic heterocycles. The van der Waals surface area contributed by atoms with E-state index in [0.29, 0.717) is 5.89 Å². The first kappa shape index (κ1) is 9.19. The van der Waals surface area contributed by atoms with Gasteiger partial charge in [0.25, 0.3) is 0 Å². The number of nitrogens with zero attached hydrogens (tertiary/aromatic N) is 2. The fourth-order valence-electron chi connectivity index (χ4n) is 0.928. The zero-order valence-electron chi connectivity index (χ0n) is 7.42. The van der Waals surface area contributed by atoms with Crippen LogP contribution in [0.2, 0.25) is 0 Å². The van der Waals surface area contributed by atoms with Crippen LogP contribution in [0.3, 0.4) is 0 Å². The largest absolute Gasteiger partial charge is 0.340 e. The lowest BCUT2D eigenvalue weighted by atomic mass is 10.3. The maximum Gasteiger partial charge on any atom is 0.227 e. The molecule has 1 rings (SSSR count). The number of unbranched alkanes of at least 4 members (excludes halogenated alkanes) is 1. The van der Waals surface area contributed by atoms with Gasteiger partial charge in [-0.25, -0.2) is 0 Å². The average molecular weight is 169 g/mol. The molecule has 0 aliphatic carbocycles. The highest BCUT2D eigenvalue weighted by Gasteiger charge is 1.96. The number of aromatic nitrogens is 2. The smallest absolute Gasteiger partial charge is 0.227 e. The second-order valence-corrected chi connectivity index (χ2v) is 2.69. The fraction of sp³-hybridized carbons (Fsp3) is 0.750. The van der Waals surface area contributed by atoms with Crippen LogP contribution in [0.1, 0.15) is 25.7 Å². The van der Waals surface area contributed by atoms with Crippen LogP contribution in [-0.2, 0) is 6.42 Å². The van der Waals surface area contributed by atoms with Crippen molar-refractivity contribution >= 4 is 0 Å². The molecule has 0 bridgehead atoms. The Labute approximate surface area is 72.4 Å². The van der Waals surface area contributed by atoms with E-state index in [0.717, 1.165) is 19.5 Å². The third-order valence-electron chi connectivity index (χ3n) is 1.63. The molecule has 0 fully saturated rings. The van der Waals surface area contributed by atoms with Crippen LogP contribution in [0, 0.1) is 0 Å². The van der Waals surface area contributed by atoms with Gasteiger partial charge in [-0.3, -0.25) is 0 Å². The highest BCUT2D eigenvalue weighted by atomic mass is 16.5. The first-order valence-corrected chi connectivity index (χ1v) is 4.39. The molecule has 68 valence electrons. The third-order valence-corrected chi connectivity index (χ3v) is 1.63. The molecule has 1 aromatic rings. The standard InChI is InChI=1S/C8H15N3O/c1-2-3-5-9-6-4-8-10-7-11-12-8/h7,9H,2-6H2,1H3. The van der Waals surface area contributed by atoms with Gasteiger partial charge in [0.2, 0.25) is 5.89 Å². The Hall–Kier alpha value is -0.900. The molecule has 0 atom stereocenters. The maximum atomic E-state index is 4.84. The number of hydrogen-bond acceptors (Lipinski definition) is 4. The van der Waals surface area contributed by atoms with E-state index in [1.54, 1.807) is 0 Å². The van der Waals surface area contributed by atoms with E-state index in [1.165, 1.54) is 19.2 Å². The van der Waals surface area contributed by atoms with Gasteiger partial charge in [0.1, 0.15) is 0 Å². The van der Waals surface area contributed by atoms with E-state index in [-0.39, 0.29) is 0 Å². The Bertz CT molecular complexity index is 186. The highest BCUT2D eigenvalue weighted by molar-refractivity contribution is 4.74. The SMILES string of the molecule is CCCCNCCc1ncno1. The summed E-state index contributed by atoms with van der Waals surface area (Å²) < 4.78 is 4.84. The van der Waals surface area contributed by atoms with Gasteiger partial charge in [0, 0.05) is 13.0 Å². The molecule has 1 heterocycles. The summed E-state index contributed by atoms with van der Waals surface area (Å²) in [6.07, 6.45) is 4.71. The summed E-state index contributed by atoms with van der Waals surface area (Å²) in [5.41, 5.74) is 0. The van der Waals surface area contributed by atoms with Crippen LogP contribution >= 0.6 is 0 Å². The minimum Gasteiger partial charge on any atom is -0.340 e. The molecule has 0 radical (unpaired) electrons. The molecule has 12 heavy (non-hydrogen) atoms. The van der Waals surface area contributed by atoms with Gasteiger partial charge in [-0.1, -0.05) is 18.5 Å². The molecule has 0 saturated heterocycles. The van der Waals surface area contributed by atoms with Gasteiger partial charge in [-0.05, 0) is 13.0 Å². The van der Waals surface area contributed by atoms with Gasteiger partial charge >= 0.3 is 0 Å². The number of nitrogens with one attached hydrogen (secondary N) is 1. The van der Waals surface area contributed by atoms with E-state index >= 15 is 0 Å². The Morgan fingerprint density at radius 2 is 2.42 bits per heavy atom. The van der Waals surface area contributed by atoms with Gasteiger partial charge in [-0.15, -0.1) is 0 Å². The van der Waals surface area contributed by atoms with Crippen LogP contribution in [-0.4, -0.2) is 23.2 Å². The van der Waals surface area contributed by atoms with Crippen LogP contribution in [0.4, 0.5) is 0 Å². The van der Waals surface area contributed by atoms with Crippen molar-refractivity contribution in [2.45, 2.75) is 26.2 Å². The summed E-state index contributed by atoms with van der Waals surface area (Å²) in [6.45, 7) is 4.17. The summed E-state index contributed by atoms with van der Waals surface area (Å²) in [5, 5.41) is 6.82. The normalized spacial score (nSPS) is 10.4. The van der Waals surface area contributed by atoms with Crippen molar-refractivity contribution in [3.8, 4) is 0 Å². The van der Waals surface area contributed by atoms with Crippen LogP contribution < -0.4 is 5.32 Å². The van der Waals surface area contributed by atoms with E-state index in [1.807, 2.05) is 0 Å². The van der Waals surface area contributed by atoms with Crippen LogP contribution in [0.15, 0.2) is 10.9 Å². The van der Waals surface area contributed by atoms with Crippen molar-refractivity contribution in [1.29, 1.82) is 0 Å². The summed E-state index contributed by atoms with van der Waals surface area (Å²) >= 11 is 0. The molecule has 0 unspecified atom stereocenters. The molecule has 4 nitrogen and oxygen atoms in total. The Balaban J connectivity index is 1.96. The molecule has 0 aliphatic rings. The fourth-order valence-corrected chi connectivity index (χ4v) is 0.928. The second kappa shape index (κ2) is 5.71. The quantitative estimate of drug-likeness (QED) is 0.645. The number of hydrogen-bond donors (Lipinski definition) is 1. The highest BCUT2D eigenvalue weighted by Crippen LogP contribution is 1.90. The molecule has 4 heteroatoms. The topological polar surface area (TPSA) is 51.0 Å². The predicted molar refractivity (Wildman–Crippen MR) is 45.8 cm³/mol. The third kappa shape index (κ3) is 3.48. The maximum absolute atomic E-state index is 4.84. The van der Waals surface area contributed by atoms with Crippen molar-refractivity contribution in [3.05, 3.63) is 12.2 Å². The van der Waals surface area contributed by atoms with Gasteiger partial charge < -0.3 is 9.84 Å². The molecule has 1 N–H and O–H groups in total. The summed E-state index contributed by atoms with van der Waals surface area (Å²) in [6, 6.07) is 0. The van der Waals surface area contributed by atoms with Crippen LogP contribution in [0.5, 0.6) is 0 Å².